The quantitative estimate of drug-likeness (QED) is 0.252. The summed E-state index contributed by atoms with van der Waals surface area (Å²) in [5, 5.41) is 20.0. The number of phenolic OH excluding ortho intramolecular Hbond substituents is 1. The van der Waals surface area contributed by atoms with Crippen LogP contribution in [0.3, 0.4) is 0 Å². The van der Waals surface area contributed by atoms with Gasteiger partial charge in [-0.25, -0.2) is 4.79 Å². The van der Waals surface area contributed by atoms with Crippen LogP contribution in [-0.4, -0.2) is 30.0 Å². The van der Waals surface area contributed by atoms with Crippen molar-refractivity contribution in [2.24, 2.45) is 0 Å². The number of carbonyl (C=O) groups is 2. The largest absolute Gasteiger partial charge is 1.00 e. The predicted molar refractivity (Wildman–Crippen MR) is 95.9 cm³/mol. The van der Waals surface area contributed by atoms with Gasteiger partial charge in [0.25, 0.3) is 0 Å². The van der Waals surface area contributed by atoms with Gasteiger partial charge in [-0.05, 0) is 6.07 Å². The monoisotopic (exact) mass is 514 g/mol. The third-order valence-corrected chi connectivity index (χ3v) is 4.73. The minimum Gasteiger partial charge on any atom is -0.545 e. The number of carboxylic acid groups (broad SMARTS) is 1. The van der Waals surface area contributed by atoms with Gasteiger partial charge < -0.3 is 19.2 Å². The number of carbonyl (C=O) groups excluding carboxylic acids is 2. The first-order chi connectivity index (χ1) is 12.3. The van der Waals surface area contributed by atoms with Gasteiger partial charge >= 0.3 is 67.8 Å². The van der Waals surface area contributed by atoms with Crippen LogP contribution in [0.5, 0.6) is 5.75 Å². The summed E-state index contributed by atoms with van der Waals surface area (Å²) in [6.45, 7) is 0. The molecule has 14 heteroatoms. The van der Waals surface area contributed by atoms with Crippen molar-refractivity contribution in [1.29, 1.82) is 0 Å². The van der Waals surface area contributed by atoms with Crippen molar-refractivity contribution < 1.29 is 88.3 Å². The van der Waals surface area contributed by atoms with Gasteiger partial charge in [-0.3, -0.25) is 4.55 Å². The van der Waals surface area contributed by atoms with Gasteiger partial charge in [-0.2, -0.15) is 8.42 Å². The average molecular weight is 516 g/mol. The molecule has 8 nitrogen and oxygen atoms in total. The standard InChI is InChI=1S/C8H6O7S.C6H2Cl4O.K/c9-7(10)5-3-1-2-4-6(5)8(11)15-16(12,13)14;7-2-1-3(11)5(9)6(10)4(2)8;/h1-4H,(H,9,10)(H,12,13,14);1,11H;/q;;+1/p-1. The van der Waals surface area contributed by atoms with Crippen molar-refractivity contribution in [2.75, 3.05) is 0 Å². The summed E-state index contributed by atoms with van der Waals surface area (Å²) in [5.41, 5.74) is -1.06. The molecular weight excluding hydrogens is 509 g/mol. The number of hydrogen-bond donors (Lipinski definition) is 2. The Morgan fingerprint density at radius 3 is 1.93 bits per heavy atom. The van der Waals surface area contributed by atoms with Crippen molar-refractivity contribution in [3.63, 3.8) is 0 Å². The SMILES string of the molecule is O=C([O-])c1ccccc1C(=O)OS(=O)(=O)O.Oc1cc(Cl)c(Cl)c(Cl)c1Cl.[K+]. The summed E-state index contributed by atoms with van der Waals surface area (Å²) < 4.78 is 32.3. The molecule has 0 fully saturated rings. The van der Waals surface area contributed by atoms with E-state index in [0.29, 0.717) is 0 Å². The van der Waals surface area contributed by atoms with E-state index < -0.39 is 33.5 Å². The predicted octanol–water partition coefficient (Wildman–Crippen LogP) is 0.0195. The summed E-state index contributed by atoms with van der Waals surface area (Å²) in [4.78, 5) is 21.7. The maximum atomic E-state index is 11.1. The summed E-state index contributed by atoms with van der Waals surface area (Å²) in [5.74, 6) is -3.34. The molecule has 0 aromatic heterocycles. The first kappa shape index (κ1) is 27.9. The molecule has 0 spiro atoms. The molecule has 2 aromatic rings. The molecule has 0 atom stereocenters. The molecule has 2 N–H and O–H groups in total. The smallest absolute Gasteiger partial charge is 0.545 e. The van der Waals surface area contributed by atoms with E-state index in [1.54, 1.807) is 0 Å². The molecule has 0 unspecified atom stereocenters. The third kappa shape index (κ3) is 8.32. The van der Waals surface area contributed by atoms with Gasteiger partial charge in [0.1, 0.15) is 10.8 Å². The van der Waals surface area contributed by atoms with Crippen molar-refractivity contribution in [1.82, 2.24) is 0 Å². The average Bonchev–Trinajstić information content (AvgIpc) is 2.57. The number of rotatable bonds is 3. The second-order valence-corrected chi connectivity index (χ2v) is 7.01. The Morgan fingerprint density at radius 2 is 1.46 bits per heavy atom. The van der Waals surface area contributed by atoms with E-state index in [2.05, 4.69) is 4.18 Å². The van der Waals surface area contributed by atoms with Crippen LogP contribution in [0.15, 0.2) is 30.3 Å². The molecule has 2 rings (SSSR count). The Morgan fingerprint density at radius 1 is 0.964 bits per heavy atom. The van der Waals surface area contributed by atoms with Gasteiger partial charge in [0.05, 0.1) is 26.6 Å². The van der Waals surface area contributed by atoms with Crippen LogP contribution >= 0.6 is 46.4 Å². The van der Waals surface area contributed by atoms with Crippen LogP contribution < -0.4 is 56.5 Å². The number of halogens is 4. The van der Waals surface area contributed by atoms with Gasteiger partial charge in [0.15, 0.2) is 0 Å². The molecule has 0 aliphatic heterocycles. The fourth-order valence-corrected chi connectivity index (χ4v) is 2.61. The number of carboxylic acids is 1. The fourth-order valence-electron chi connectivity index (χ4n) is 1.54. The Labute approximate surface area is 221 Å². The molecule has 0 bridgehead atoms. The first-order valence-electron chi connectivity index (χ1n) is 6.38. The minimum atomic E-state index is -4.98. The topological polar surface area (TPSA) is 141 Å². The number of aromatic hydroxyl groups is 1. The van der Waals surface area contributed by atoms with Crippen LogP contribution in [0.2, 0.25) is 20.1 Å². The molecule has 0 saturated carbocycles. The molecule has 0 heterocycles. The normalized spacial score (nSPS) is 10.2. The second kappa shape index (κ2) is 11.9. The maximum Gasteiger partial charge on any atom is 1.00 e. The number of benzene rings is 2. The van der Waals surface area contributed by atoms with E-state index in [1.807, 2.05) is 0 Å². The Kier molecular flexibility index (Phi) is 11.9. The summed E-state index contributed by atoms with van der Waals surface area (Å²) >= 11 is 22.3. The summed E-state index contributed by atoms with van der Waals surface area (Å²) in [7, 11) is -4.98. The summed E-state index contributed by atoms with van der Waals surface area (Å²) in [6.07, 6.45) is 0. The molecule has 0 radical (unpaired) electrons. The number of phenols is 1. The second-order valence-electron chi connectivity index (χ2n) is 4.45. The molecule has 0 saturated heterocycles. The van der Waals surface area contributed by atoms with E-state index in [-0.39, 0.29) is 77.2 Å². The van der Waals surface area contributed by atoms with Gasteiger partial charge in [0, 0.05) is 11.6 Å². The zero-order valence-electron chi connectivity index (χ0n) is 13.7. The van der Waals surface area contributed by atoms with Gasteiger partial charge in [-0.15, -0.1) is 0 Å². The van der Waals surface area contributed by atoms with Crippen molar-refractivity contribution >= 4 is 68.7 Å². The zero-order chi connectivity index (χ0) is 20.9. The van der Waals surface area contributed by atoms with Crippen molar-refractivity contribution in [3.8, 4) is 5.75 Å². The Bertz CT molecular complexity index is 971. The van der Waals surface area contributed by atoms with Crippen LogP contribution in [-0.2, 0) is 14.6 Å². The van der Waals surface area contributed by atoms with Gasteiger partial charge in [-0.1, -0.05) is 64.6 Å². The summed E-state index contributed by atoms with van der Waals surface area (Å²) in [6, 6.07) is 5.91. The Hall–Kier alpha value is -0.114. The van der Waals surface area contributed by atoms with E-state index in [0.717, 1.165) is 12.1 Å². The first-order valence-corrected chi connectivity index (χ1v) is 9.26. The van der Waals surface area contributed by atoms with Crippen LogP contribution in [0, 0.1) is 0 Å². The van der Waals surface area contributed by atoms with E-state index in [9.17, 15) is 23.1 Å². The molecule has 0 aliphatic rings. The van der Waals surface area contributed by atoms with Crippen LogP contribution in [0.1, 0.15) is 20.7 Å². The van der Waals surface area contributed by atoms with Crippen molar-refractivity contribution in [2.45, 2.75) is 0 Å². The molecular formula is C14H7Cl4KO8S. The molecule has 146 valence electrons. The third-order valence-electron chi connectivity index (χ3n) is 2.63. The molecule has 0 aliphatic carbocycles. The number of hydrogen-bond acceptors (Lipinski definition) is 7. The Balaban J connectivity index is 0.000000535. The number of aromatic carboxylic acids is 1. The van der Waals surface area contributed by atoms with Gasteiger partial charge in [0.2, 0.25) is 0 Å². The van der Waals surface area contributed by atoms with Crippen molar-refractivity contribution in [3.05, 3.63) is 61.5 Å². The van der Waals surface area contributed by atoms with E-state index in [4.69, 9.17) is 56.1 Å². The zero-order valence-corrected chi connectivity index (χ0v) is 20.6. The molecule has 28 heavy (non-hydrogen) atoms. The van der Waals surface area contributed by atoms with Crippen LogP contribution in [0.25, 0.3) is 0 Å². The molecule has 2 aromatic carbocycles. The van der Waals surface area contributed by atoms with Crippen LogP contribution in [0.4, 0.5) is 0 Å². The minimum absolute atomic E-state index is 0. The molecule has 0 amide bonds. The van der Waals surface area contributed by atoms with E-state index in [1.165, 1.54) is 18.2 Å². The fraction of sp³-hybridized carbons (Fsp3) is 0. The maximum absolute atomic E-state index is 11.1. The van der Waals surface area contributed by atoms with E-state index >= 15 is 0 Å².